The van der Waals surface area contributed by atoms with Gasteiger partial charge in [-0.25, -0.2) is 0 Å². The van der Waals surface area contributed by atoms with Crippen LogP contribution in [0.25, 0.3) is 0 Å². The van der Waals surface area contributed by atoms with Crippen LogP contribution >= 0.6 is 0 Å². The zero-order valence-corrected chi connectivity index (χ0v) is 11.8. The second-order valence-corrected chi connectivity index (χ2v) is 5.99. The van der Waals surface area contributed by atoms with E-state index in [0.717, 1.165) is 12.8 Å². The van der Waals surface area contributed by atoms with Gasteiger partial charge in [-0.15, -0.1) is 0 Å². The first kappa shape index (κ1) is 14.8. The molecule has 0 radical (unpaired) electrons. The van der Waals surface area contributed by atoms with Crippen molar-refractivity contribution in [3.8, 4) is 0 Å². The Kier molecular flexibility index (Phi) is 4.62. The molecular formula is C14H22N2O4. The minimum Gasteiger partial charge on any atom is -0.481 e. The van der Waals surface area contributed by atoms with Crippen molar-refractivity contribution in [2.45, 2.75) is 45.1 Å². The molecule has 2 saturated heterocycles. The van der Waals surface area contributed by atoms with E-state index in [1.54, 1.807) is 4.90 Å². The van der Waals surface area contributed by atoms with Crippen LogP contribution in [0, 0.1) is 11.8 Å². The Bertz CT molecular complexity index is 410. The fourth-order valence-corrected chi connectivity index (χ4v) is 3.09. The monoisotopic (exact) mass is 282 g/mol. The smallest absolute Gasteiger partial charge is 0.308 e. The van der Waals surface area contributed by atoms with E-state index in [-0.39, 0.29) is 24.3 Å². The van der Waals surface area contributed by atoms with Crippen LogP contribution in [0.1, 0.15) is 39.0 Å². The summed E-state index contributed by atoms with van der Waals surface area (Å²) in [5, 5.41) is 11.9. The maximum absolute atomic E-state index is 12.5. The molecular weight excluding hydrogens is 260 g/mol. The minimum absolute atomic E-state index is 0.0827. The second kappa shape index (κ2) is 6.24. The van der Waals surface area contributed by atoms with Gasteiger partial charge in [0.2, 0.25) is 11.8 Å². The number of amides is 2. The lowest BCUT2D eigenvalue weighted by Gasteiger charge is -2.36. The van der Waals surface area contributed by atoms with E-state index in [0.29, 0.717) is 25.8 Å². The molecule has 2 aliphatic rings. The number of nitrogens with one attached hydrogen (secondary N) is 1. The van der Waals surface area contributed by atoms with Gasteiger partial charge in [0.15, 0.2) is 0 Å². The van der Waals surface area contributed by atoms with E-state index in [4.69, 9.17) is 5.11 Å². The first-order chi connectivity index (χ1) is 9.47. The molecule has 0 aromatic carbocycles. The number of piperidine rings is 1. The third-order valence-electron chi connectivity index (χ3n) is 4.10. The SMILES string of the molecule is CC1CC(C(=O)O)CN(C(=O)C2CCCCC(=O)N2)C1. The van der Waals surface area contributed by atoms with Crippen LogP contribution in [0.5, 0.6) is 0 Å². The molecule has 112 valence electrons. The summed E-state index contributed by atoms with van der Waals surface area (Å²) in [6, 6.07) is -0.482. The van der Waals surface area contributed by atoms with Crippen molar-refractivity contribution in [1.82, 2.24) is 10.2 Å². The normalized spacial score (nSPS) is 31.4. The molecule has 0 spiro atoms. The first-order valence-corrected chi connectivity index (χ1v) is 7.28. The predicted molar refractivity (Wildman–Crippen MR) is 71.9 cm³/mol. The average Bonchev–Trinajstić information content (AvgIpc) is 2.61. The number of carbonyl (C=O) groups is 3. The van der Waals surface area contributed by atoms with E-state index in [9.17, 15) is 14.4 Å². The summed E-state index contributed by atoms with van der Waals surface area (Å²) >= 11 is 0. The summed E-state index contributed by atoms with van der Waals surface area (Å²) in [6.45, 7) is 2.79. The number of likely N-dealkylation sites (tertiary alicyclic amines) is 1. The summed E-state index contributed by atoms with van der Waals surface area (Å²) in [6.07, 6.45) is 3.38. The Morgan fingerprint density at radius 1 is 1.30 bits per heavy atom. The standard InChI is InChI=1S/C14H22N2O4/c1-9-6-10(14(19)20)8-16(7-9)13(18)11-4-2-3-5-12(17)15-11/h9-11H,2-8H2,1H3,(H,15,17)(H,19,20). The van der Waals surface area contributed by atoms with Crippen molar-refractivity contribution >= 4 is 17.8 Å². The molecule has 0 bridgehead atoms. The molecule has 3 atom stereocenters. The summed E-state index contributed by atoms with van der Waals surface area (Å²) in [4.78, 5) is 36.8. The van der Waals surface area contributed by atoms with E-state index in [1.807, 2.05) is 6.92 Å². The van der Waals surface area contributed by atoms with E-state index in [1.165, 1.54) is 0 Å². The highest BCUT2D eigenvalue weighted by Gasteiger charge is 2.35. The average molecular weight is 282 g/mol. The Balaban J connectivity index is 2.03. The molecule has 0 aromatic heterocycles. The van der Waals surface area contributed by atoms with Crippen molar-refractivity contribution in [3.05, 3.63) is 0 Å². The molecule has 2 rings (SSSR count). The summed E-state index contributed by atoms with van der Waals surface area (Å²) < 4.78 is 0. The summed E-state index contributed by atoms with van der Waals surface area (Å²) in [7, 11) is 0. The number of carboxylic acid groups (broad SMARTS) is 1. The largest absolute Gasteiger partial charge is 0.481 e. The van der Waals surface area contributed by atoms with Gasteiger partial charge >= 0.3 is 5.97 Å². The Hall–Kier alpha value is -1.59. The highest BCUT2D eigenvalue weighted by molar-refractivity contribution is 5.88. The molecule has 6 nitrogen and oxygen atoms in total. The molecule has 20 heavy (non-hydrogen) atoms. The molecule has 2 heterocycles. The third-order valence-corrected chi connectivity index (χ3v) is 4.10. The lowest BCUT2D eigenvalue weighted by atomic mass is 9.90. The van der Waals surface area contributed by atoms with Crippen LogP contribution < -0.4 is 5.32 Å². The van der Waals surface area contributed by atoms with E-state index in [2.05, 4.69) is 5.32 Å². The lowest BCUT2D eigenvalue weighted by Crippen LogP contribution is -2.53. The number of nitrogens with zero attached hydrogens (tertiary/aromatic N) is 1. The van der Waals surface area contributed by atoms with Gasteiger partial charge in [-0.2, -0.15) is 0 Å². The Morgan fingerprint density at radius 3 is 2.75 bits per heavy atom. The molecule has 2 fully saturated rings. The number of hydrogen-bond donors (Lipinski definition) is 2. The van der Waals surface area contributed by atoms with Crippen molar-refractivity contribution < 1.29 is 19.5 Å². The topological polar surface area (TPSA) is 86.7 Å². The number of hydrogen-bond acceptors (Lipinski definition) is 3. The lowest BCUT2D eigenvalue weighted by molar-refractivity contribution is -0.148. The fraction of sp³-hybridized carbons (Fsp3) is 0.786. The summed E-state index contributed by atoms with van der Waals surface area (Å²) in [5.41, 5.74) is 0. The molecule has 0 aliphatic carbocycles. The summed E-state index contributed by atoms with van der Waals surface area (Å²) in [5.74, 6) is -1.38. The van der Waals surface area contributed by atoms with Crippen LogP contribution in [0.3, 0.4) is 0 Å². The molecule has 2 N–H and O–H groups in total. The number of carbonyl (C=O) groups excluding carboxylic acids is 2. The second-order valence-electron chi connectivity index (χ2n) is 5.99. The molecule has 2 amide bonds. The first-order valence-electron chi connectivity index (χ1n) is 7.28. The molecule has 0 saturated carbocycles. The van der Waals surface area contributed by atoms with Crippen LogP contribution in [-0.2, 0) is 14.4 Å². The van der Waals surface area contributed by atoms with Gasteiger partial charge in [0.05, 0.1) is 5.92 Å². The van der Waals surface area contributed by atoms with Gasteiger partial charge in [0.25, 0.3) is 0 Å². The molecule has 0 aromatic rings. The van der Waals surface area contributed by atoms with Crippen molar-refractivity contribution in [2.75, 3.05) is 13.1 Å². The molecule has 6 heteroatoms. The quantitative estimate of drug-likeness (QED) is 0.777. The van der Waals surface area contributed by atoms with Crippen molar-refractivity contribution in [3.63, 3.8) is 0 Å². The number of rotatable bonds is 2. The number of carboxylic acids is 1. The Morgan fingerprint density at radius 2 is 2.05 bits per heavy atom. The van der Waals surface area contributed by atoms with Gasteiger partial charge in [-0.1, -0.05) is 13.3 Å². The fourth-order valence-electron chi connectivity index (χ4n) is 3.09. The van der Waals surface area contributed by atoms with Gasteiger partial charge in [-0.3, -0.25) is 14.4 Å². The van der Waals surface area contributed by atoms with Crippen LogP contribution in [0.4, 0.5) is 0 Å². The highest BCUT2D eigenvalue weighted by atomic mass is 16.4. The van der Waals surface area contributed by atoms with Crippen molar-refractivity contribution in [2.24, 2.45) is 11.8 Å². The van der Waals surface area contributed by atoms with Gasteiger partial charge in [-0.05, 0) is 25.2 Å². The van der Waals surface area contributed by atoms with Crippen LogP contribution in [0.15, 0.2) is 0 Å². The molecule has 3 unspecified atom stereocenters. The number of aliphatic carboxylic acids is 1. The zero-order chi connectivity index (χ0) is 14.7. The third kappa shape index (κ3) is 3.49. The van der Waals surface area contributed by atoms with Gasteiger partial charge < -0.3 is 15.3 Å². The Labute approximate surface area is 118 Å². The predicted octanol–water partition coefficient (Wildman–Crippen LogP) is 0.614. The van der Waals surface area contributed by atoms with Crippen LogP contribution in [0.2, 0.25) is 0 Å². The van der Waals surface area contributed by atoms with Gasteiger partial charge in [0.1, 0.15) is 6.04 Å². The maximum atomic E-state index is 12.5. The highest BCUT2D eigenvalue weighted by Crippen LogP contribution is 2.23. The molecule has 2 aliphatic heterocycles. The van der Waals surface area contributed by atoms with Gasteiger partial charge in [0, 0.05) is 19.5 Å². The van der Waals surface area contributed by atoms with Crippen LogP contribution in [-0.4, -0.2) is 46.9 Å². The minimum atomic E-state index is -0.848. The van der Waals surface area contributed by atoms with Crippen molar-refractivity contribution in [1.29, 1.82) is 0 Å². The maximum Gasteiger partial charge on any atom is 0.308 e. The van der Waals surface area contributed by atoms with E-state index >= 15 is 0 Å². The zero-order valence-electron chi connectivity index (χ0n) is 11.8. The van der Waals surface area contributed by atoms with E-state index < -0.39 is 17.9 Å².